The number of carbonyl (C=O) groups excluding carboxylic acids is 1. The van der Waals surface area contributed by atoms with Crippen LogP contribution in [-0.4, -0.2) is 30.3 Å². The minimum atomic E-state index is 0.0261. The first-order chi connectivity index (χ1) is 9.74. The second-order valence-corrected chi connectivity index (χ2v) is 6.13. The average Bonchev–Trinajstić information content (AvgIpc) is 2.97. The van der Waals surface area contributed by atoms with E-state index >= 15 is 0 Å². The number of hydrogen-bond acceptors (Lipinski definition) is 3. The van der Waals surface area contributed by atoms with Crippen LogP contribution in [0.25, 0.3) is 0 Å². The lowest BCUT2D eigenvalue weighted by atomic mass is 9.87. The molecule has 114 valence electrons. The number of nitrogens with one attached hydrogen (secondary N) is 3. The fourth-order valence-corrected chi connectivity index (χ4v) is 3.02. The van der Waals surface area contributed by atoms with Crippen LogP contribution in [0.1, 0.15) is 51.4 Å². The molecule has 0 spiro atoms. The highest BCUT2D eigenvalue weighted by molar-refractivity contribution is 7.80. The molecule has 3 N–H and O–H groups in total. The molecule has 0 unspecified atom stereocenters. The summed E-state index contributed by atoms with van der Waals surface area (Å²) in [6.07, 6.45) is 9.21. The fraction of sp³-hybridized carbons (Fsp3) is 0.857. The van der Waals surface area contributed by atoms with Gasteiger partial charge in [-0.15, -0.1) is 0 Å². The van der Waals surface area contributed by atoms with Crippen LogP contribution in [0, 0.1) is 5.92 Å². The van der Waals surface area contributed by atoms with Crippen molar-refractivity contribution in [2.75, 3.05) is 13.2 Å². The van der Waals surface area contributed by atoms with Crippen LogP contribution in [0.2, 0.25) is 0 Å². The van der Waals surface area contributed by atoms with E-state index in [9.17, 15) is 4.79 Å². The van der Waals surface area contributed by atoms with Gasteiger partial charge < -0.3 is 10.1 Å². The molecule has 1 heterocycles. The van der Waals surface area contributed by atoms with Crippen LogP contribution in [0.3, 0.4) is 0 Å². The van der Waals surface area contributed by atoms with Crippen molar-refractivity contribution in [1.29, 1.82) is 0 Å². The summed E-state index contributed by atoms with van der Waals surface area (Å²) in [5.41, 5.74) is 5.43. The smallest absolute Gasteiger partial charge is 0.238 e. The zero-order chi connectivity index (χ0) is 14.2. The summed E-state index contributed by atoms with van der Waals surface area (Å²) in [5, 5.41) is 3.52. The van der Waals surface area contributed by atoms with Gasteiger partial charge in [0.05, 0.1) is 6.10 Å². The first kappa shape index (κ1) is 15.5. The number of carbonyl (C=O) groups is 1. The summed E-state index contributed by atoms with van der Waals surface area (Å²) < 4.78 is 5.49. The van der Waals surface area contributed by atoms with E-state index in [2.05, 4.69) is 16.2 Å². The molecule has 1 atom stereocenters. The Kier molecular flexibility index (Phi) is 6.53. The number of hydrazine groups is 1. The topological polar surface area (TPSA) is 62.4 Å². The number of amides is 1. The van der Waals surface area contributed by atoms with Gasteiger partial charge in [0.15, 0.2) is 5.11 Å². The Bertz CT molecular complexity index is 326. The molecule has 0 radical (unpaired) electrons. The maximum atomic E-state index is 11.8. The van der Waals surface area contributed by atoms with Crippen molar-refractivity contribution in [3.63, 3.8) is 0 Å². The normalized spacial score (nSPS) is 23.3. The molecule has 20 heavy (non-hydrogen) atoms. The molecule has 1 amide bonds. The van der Waals surface area contributed by atoms with Crippen LogP contribution in [-0.2, 0) is 9.53 Å². The van der Waals surface area contributed by atoms with E-state index in [1.807, 2.05) is 0 Å². The molecule has 0 bridgehead atoms. The zero-order valence-corrected chi connectivity index (χ0v) is 12.8. The molecular formula is C14H25N3O2S. The summed E-state index contributed by atoms with van der Waals surface area (Å²) in [4.78, 5) is 11.8. The van der Waals surface area contributed by atoms with E-state index in [0.717, 1.165) is 19.4 Å². The summed E-state index contributed by atoms with van der Waals surface area (Å²) in [6.45, 7) is 1.54. The van der Waals surface area contributed by atoms with Crippen molar-refractivity contribution in [3.05, 3.63) is 0 Å². The predicted molar refractivity (Wildman–Crippen MR) is 82.0 cm³/mol. The van der Waals surface area contributed by atoms with E-state index in [4.69, 9.17) is 17.0 Å². The fourth-order valence-electron chi connectivity index (χ4n) is 2.89. The summed E-state index contributed by atoms with van der Waals surface area (Å²) in [6, 6.07) is 0. The molecule has 1 aliphatic carbocycles. The molecule has 2 aliphatic rings. The first-order valence-electron chi connectivity index (χ1n) is 7.68. The predicted octanol–water partition coefficient (Wildman–Crippen LogP) is 1.63. The average molecular weight is 299 g/mol. The van der Waals surface area contributed by atoms with E-state index in [1.54, 1.807) is 0 Å². The summed E-state index contributed by atoms with van der Waals surface area (Å²) >= 11 is 5.12. The Morgan fingerprint density at radius 2 is 1.90 bits per heavy atom. The van der Waals surface area contributed by atoms with Crippen molar-refractivity contribution in [3.8, 4) is 0 Å². The van der Waals surface area contributed by atoms with Crippen molar-refractivity contribution < 1.29 is 9.53 Å². The van der Waals surface area contributed by atoms with Crippen LogP contribution in [0.4, 0.5) is 0 Å². The Balaban J connectivity index is 1.53. The second-order valence-electron chi connectivity index (χ2n) is 5.73. The third-order valence-electron chi connectivity index (χ3n) is 4.03. The number of hydrogen-bond donors (Lipinski definition) is 3. The van der Waals surface area contributed by atoms with Gasteiger partial charge in [0.25, 0.3) is 0 Å². The molecule has 1 aliphatic heterocycles. The van der Waals surface area contributed by atoms with Crippen molar-refractivity contribution in [2.45, 2.75) is 57.5 Å². The number of ether oxygens (including phenoxy) is 1. The van der Waals surface area contributed by atoms with E-state index in [-0.39, 0.29) is 12.0 Å². The monoisotopic (exact) mass is 299 g/mol. The maximum absolute atomic E-state index is 11.8. The van der Waals surface area contributed by atoms with Gasteiger partial charge in [-0.1, -0.05) is 19.3 Å². The molecule has 5 nitrogen and oxygen atoms in total. The molecule has 2 rings (SSSR count). The molecule has 1 saturated heterocycles. The van der Waals surface area contributed by atoms with Gasteiger partial charge in [0, 0.05) is 19.6 Å². The van der Waals surface area contributed by atoms with Gasteiger partial charge in [-0.3, -0.25) is 15.6 Å². The van der Waals surface area contributed by atoms with Gasteiger partial charge >= 0.3 is 0 Å². The van der Waals surface area contributed by atoms with Crippen LogP contribution < -0.4 is 16.2 Å². The van der Waals surface area contributed by atoms with E-state index in [0.29, 0.717) is 24.0 Å². The van der Waals surface area contributed by atoms with E-state index < -0.39 is 0 Å². The molecule has 1 saturated carbocycles. The molecular weight excluding hydrogens is 274 g/mol. The number of rotatable bonds is 4. The van der Waals surface area contributed by atoms with Gasteiger partial charge in [-0.05, 0) is 43.8 Å². The lowest BCUT2D eigenvalue weighted by molar-refractivity contribution is -0.122. The van der Waals surface area contributed by atoms with Gasteiger partial charge in [0.2, 0.25) is 5.91 Å². The first-order valence-corrected chi connectivity index (χ1v) is 8.09. The highest BCUT2D eigenvalue weighted by atomic mass is 32.1. The Hall–Kier alpha value is -0.880. The van der Waals surface area contributed by atoms with Crippen molar-refractivity contribution in [2.24, 2.45) is 5.92 Å². The largest absolute Gasteiger partial charge is 0.376 e. The molecule has 6 heteroatoms. The molecule has 2 fully saturated rings. The van der Waals surface area contributed by atoms with Crippen molar-refractivity contribution >= 4 is 23.2 Å². The highest BCUT2D eigenvalue weighted by Crippen LogP contribution is 2.25. The Labute approximate surface area is 126 Å². The Morgan fingerprint density at radius 3 is 2.60 bits per heavy atom. The quantitative estimate of drug-likeness (QED) is 0.544. The van der Waals surface area contributed by atoms with Gasteiger partial charge in [-0.25, -0.2) is 0 Å². The van der Waals surface area contributed by atoms with Crippen LogP contribution >= 0.6 is 12.2 Å². The molecule has 0 aromatic rings. The maximum Gasteiger partial charge on any atom is 0.238 e. The third kappa shape index (κ3) is 5.63. The molecule has 0 aromatic carbocycles. The van der Waals surface area contributed by atoms with Crippen molar-refractivity contribution in [1.82, 2.24) is 16.2 Å². The molecule has 0 aromatic heterocycles. The third-order valence-corrected chi connectivity index (χ3v) is 4.27. The highest BCUT2D eigenvalue weighted by Gasteiger charge is 2.17. The lowest BCUT2D eigenvalue weighted by Crippen LogP contribution is -2.48. The lowest BCUT2D eigenvalue weighted by Gasteiger charge is -2.21. The summed E-state index contributed by atoms with van der Waals surface area (Å²) in [7, 11) is 0. The van der Waals surface area contributed by atoms with Crippen LogP contribution in [0.5, 0.6) is 0 Å². The van der Waals surface area contributed by atoms with Gasteiger partial charge in [-0.2, -0.15) is 0 Å². The minimum absolute atomic E-state index is 0.0261. The number of thiocarbonyl (C=S) groups is 1. The Morgan fingerprint density at radius 1 is 1.10 bits per heavy atom. The second kappa shape index (κ2) is 8.42. The summed E-state index contributed by atoms with van der Waals surface area (Å²) in [5.74, 6) is 0.567. The van der Waals surface area contributed by atoms with E-state index in [1.165, 1.54) is 32.1 Å². The zero-order valence-electron chi connectivity index (χ0n) is 12.0. The van der Waals surface area contributed by atoms with Gasteiger partial charge in [0.1, 0.15) is 0 Å². The van der Waals surface area contributed by atoms with Crippen LogP contribution in [0.15, 0.2) is 0 Å². The minimum Gasteiger partial charge on any atom is -0.376 e. The standard InChI is InChI=1S/C14H25N3O2S/c18-13(9-11-5-2-1-3-6-11)16-17-14(20)15-10-12-7-4-8-19-12/h11-12H,1-10H2,(H,16,18)(H2,15,17,20)/t12-/m0/s1. The SMILES string of the molecule is O=C(CC1CCCCC1)NNC(=S)NC[C@@H]1CCCO1.